The van der Waals surface area contributed by atoms with Crippen LogP contribution in [0.3, 0.4) is 0 Å². The predicted octanol–water partition coefficient (Wildman–Crippen LogP) is -0.189. The first-order valence-corrected chi connectivity index (χ1v) is 5.18. The quantitative estimate of drug-likeness (QED) is 0.661. The summed E-state index contributed by atoms with van der Waals surface area (Å²) in [6.07, 6.45) is 0.426. The Hall–Kier alpha value is -0.610. The molecule has 0 spiro atoms. The molecule has 0 aromatic heterocycles. The van der Waals surface area contributed by atoms with Gasteiger partial charge >= 0.3 is 0 Å². The van der Waals surface area contributed by atoms with Gasteiger partial charge in [-0.2, -0.15) is 0 Å². The fourth-order valence-electron chi connectivity index (χ4n) is 1.46. The lowest BCUT2D eigenvalue weighted by molar-refractivity contribution is -0.139. The molecule has 3 N–H and O–H groups in total. The molecule has 0 bridgehead atoms. The molecule has 82 valence electrons. The molecule has 0 radical (unpaired) electrons. The Kier molecular flexibility index (Phi) is 3.89. The van der Waals surface area contributed by atoms with Crippen molar-refractivity contribution >= 4 is 5.91 Å². The molecule has 1 rings (SSSR count). The van der Waals surface area contributed by atoms with Crippen molar-refractivity contribution in [2.24, 2.45) is 17.6 Å². The molecule has 0 saturated carbocycles. The highest BCUT2D eigenvalue weighted by molar-refractivity contribution is 5.77. The Balaban J connectivity index is 2.24. The van der Waals surface area contributed by atoms with E-state index in [2.05, 4.69) is 0 Å². The minimum Gasteiger partial charge on any atom is -0.396 e. The molecule has 0 aromatic carbocycles. The standard InChI is InChI=1S/C10H20N2O2/c1-7(2)9(11)3-10(14)12-4-8(5-12)6-13/h7-9,13H,3-6,11H2,1-2H3. The van der Waals surface area contributed by atoms with E-state index in [4.69, 9.17) is 10.8 Å². The lowest BCUT2D eigenvalue weighted by Gasteiger charge is -2.39. The molecule has 1 aliphatic rings. The summed E-state index contributed by atoms with van der Waals surface area (Å²) in [7, 11) is 0. The fourth-order valence-corrected chi connectivity index (χ4v) is 1.46. The van der Waals surface area contributed by atoms with Gasteiger partial charge in [-0.1, -0.05) is 13.8 Å². The van der Waals surface area contributed by atoms with Crippen LogP contribution in [0.2, 0.25) is 0 Å². The average Bonchev–Trinajstić information content (AvgIpc) is 2.01. The van der Waals surface area contributed by atoms with Crippen LogP contribution in [0.4, 0.5) is 0 Å². The average molecular weight is 200 g/mol. The second-order valence-corrected chi connectivity index (χ2v) is 4.46. The normalized spacial score (nSPS) is 19.6. The number of hydrogen-bond acceptors (Lipinski definition) is 3. The first-order valence-electron chi connectivity index (χ1n) is 5.18. The molecular weight excluding hydrogens is 180 g/mol. The molecule has 4 nitrogen and oxygen atoms in total. The zero-order chi connectivity index (χ0) is 10.7. The molecule has 14 heavy (non-hydrogen) atoms. The summed E-state index contributed by atoms with van der Waals surface area (Å²) >= 11 is 0. The molecule has 1 amide bonds. The number of likely N-dealkylation sites (tertiary alicyclic amines) is 1. The van der Waals surface area contributed by atoms with Crippen LogP contribution in [0.5, 0.6) is 0 Å². The maximum Gasteiger partial charge on any atom is 0.224 e. The van der Waals surface area contributed by atoms with E-state index in [-0.39, 0.29) is 24.5 Å². The Labute approximate surface area is 85.1 Å². The summed E-state index contributed by atoms with van der Waals surface area (Å²) in [6, 6.07) is -0.0457. The summed E-state index contributed by atoms with van der Waals surface area (Å²) in [4.78, 5) is 13.3. The number of carbonyl (C=O) groups excluding carboxylic acids is 1. The van der Waals surface area contributed by atoms with Gasteiger partial charge in [0.2, 0.25) is 5.91 Å². The SMILES string of the molecule is CC(C)C(N)CC(=O)N1CC(CO)C1. The number of nitrogens with zero attached hydrogens (tertiary/aromatic N) is 1. The summed E-state index contributed by atoms with van der Waals surface area (Å²) < 4.78 is 0. The molecule has 1 heterocycles. The highest BCUT2D eigenvalue weighted by atomic mass is 16.3. The molecule has 0 aromatic rings. The van der Waals surface area contributed by atoms with Crippen LogP contribution in [0.25, 0.3) is 0 Å². The van der Waals surface area contributed by atoms with Crippen molar-refractivity contribution < 1.29 is 9.90 Å². The van der Waals surface area contributed by atoms with Crippen molar-refractivity contribution in [2.75, 3.05) is 19.7 Å². The van der Waals surface area contributed by atoms with Crippen LogP contribution in [0.15, 0.2) is 0 Å². The monoisotopic (exact) mass is 200 g/mol. The highest BCUT2D eigenvalue weighted by Crippen LogP contribution is 2.17. The topological polar surface area (TPSA) is 66.6 Å². The summed E-state index contributed by atoms with van der Waals surface area (Å²) in [5, 5.41) is 8.79. The van der Waals surface area contributed by atoms with Gasteiger partial charge in [-0.15, -0.1) is 0 Å². The van der Waals surface area contributed by atoms with Crippen LogP contribution in [0, 0.1) is 11.8 Å². The third-order valence-corrected chi connectivity index (χ3v) is 2.83. The van der Waals surface area contributed by atoms with E-state index in [9.17, 15) is 4.79 Å². The van der Waals surface area contributed by atoms with E-state index in [0.29, 0.717) is 25.4 Å². The van der Waals surface area contributed by atoms with Crippen molar-refractivity contribution in [2.45, 2.75) is 26.3 Å². The van der Waals surface area contributed by atoms with Crippen LogP contribution in [-0.4, -0.2) is 41.7 Å². The van der Waals surface area contributed by atoms with Gasteiger partial charge in [0.05, 0.1) is 0 Å². The molecule has 1 atom stereocenters. The third-order valence-electron chi connectivity index (χ3n) is 2.83. The molecule has 4 heteroatoms. The van der Waals surface area contributed by atoms with Crippen LogP contribution < -0.4 is 5.73 Å². The Bertz CT molecular complexity index is 200. The van der Waals surface area contributed by atoms with Crippen LogP contribution in [0.1, 0.15) is 20.3 Å². The second-order valence-electron chi connectivity index (χ2n) is 4.46. The molecule has 1 unspecified atom stereocenters. The number of amides is 1. The van der Waals surface area contributed by atoms with Crippen LogP contribution in [-0.2, 0) is 4.79 Å². The lowest BCUT2D eigenvalue weighted by atomic mass is 9.97. The fraction of sp³-hybridized carbons (Fsp3) is 0.900. The minimum atomic E-state index is -0.0457. The minimum absolute atomic E-state index is 0.0457. The van der Waals surface area contributed by atoms with E-state index in [1.54, 1.807) is 4.90 Å². The zero-order valence-electron chi connectivity index (χ0n) is 8.94. The van der Waals surface area contributed by atoms with Crippen molar-refractivity contribution in [1.29, 1.82) is 0 Å². The summed E-state index contributed by atoms with van der Waals surface area (Å²) in [6.45, 7) is 5.61. The van der Waals surface area contributed by atoms with E-state index < -0.39 is 0 Å². The molecular formula is C10H20N2O2. The molecule has 1 fully saturated rings. The summed E-state index contributed by atoms with van der Waals surface area (Å²) in [5.41, 5.74) is 5.80. The number of nitrogens with two attached hydrogens (primary N) is 1. The van der Waals surface area contributed by atoms with Gasteiger partial charge in [-0.3, -0.25) is 4.79 Å². The van der Waals surface area contributed by atoms with Gasteiger partial charge in [0.25, 0.3) is 0 Å². The smallest absolute Gasteiger partial charge is 0.224 e. The number of hydrogen-bond donors (Lipinski definition) is 2. The van der Waals surface area contributed by atoms with E-state index in [0.717, 1.165) is 0 Å². The molecule has 1 saturated heterocycles. The molecule has 1 aliphatic heterocycles. The Morgan fingerprint density at radius 3 is 2.57 bits per heavy atom. The highest BCUT2D eigenvalue weighted by Gasteiger charge is 2.30. The lowest BCUT2D eigenvalue weighted by Crippen LogP contribution is -2.52. The first-order chi connectivity index (χ1) is 6.54. The zero-order valence-corrected chi connectivity index (χ0v) is 8.94. The predicted molar refractivity (Wildman–Crippen MR) is 54.6 cm³/mol. The van der Waals surface area contributed by atoms with Crippen molar-refractivity contribution in [1.82, 2.24) is 4.90 Å². The maximum atomic E-state index is 11.6. The third kappa shape index (κ3) is 2.69. The Morgan fingerprint density at radius 2 is 2.14 bits per heavy atom. The van der Waals surface area contributed by atoms with E-state index in [1.165, 1.54) is 0 Å². The van der Waals surface area contributed by atoms with Gasteiger partial charge in [0.1, 0.15) is 0 Å². The number of aliphatic hydroxyl groups excluding tert-OH is 1. The van der Waals surface area contributed by atoms with Gasteiger partial charge in [0.15, 0.2) is 0 Å². The Morgan fingerprint density at radius 1 is 1.57 bits per heavy atom. The second kappa shape index (κ2) is 4.75. The number of rotatable bonds is 4. The van der Waals surface area contributed by atoms with E-state index >= 15 is 0 Å². The van der Waals surface area contributed by atoms with Crippen LogP contribution >= 0.6 is 0 Å². The molecule has 0 aliphatic carbocycles. The largest absolute Gasteiger partial charge is 0.396 e. The van der Waals surface area contributed by atoms with Crippen molar-refractivity contribution in [3.63, 3.8) is 0 Å². The van der Waals surface area contributed by atoms with Gasteiger partial charge in [-0.25, -0.2) is 0 Å². The number of aliphatic hydroxyl groups is 1. The van der Waals surface area contributed by atoms with Gasteiger partial charge in [0, 0.05) is 38.1 Å². The van der Waals surface area contributed by atoms with Gasteiger partial charge < -0.3 is 15.7 Å². The van der Waals surface area contributed by atoms with Crippen molar-refractivity contribution in [3.8, 4) is 0 Å². The van der Waals surface area contributed by atoms with Crippen molar-refractivity contribution in [3.05, 3.63) is 0 Å². The van der Waals surface area contributed by atoms with Gasteiger partial charge in [-0.05, 0) is 5.92 Å². The first kappa shape index (κ1) is 11.5. The van der Waals surface area contributed by atoms with E-state index in [1.807, 2.05) is 13.8 Å². The maximum absolute atomic E-state index is 11.6. The number of carbonyl (C=O) groups is 1. The summed E-state index contributed by atoms with van der Waals surface area (Å²) in [5.74, 6) is 0.749.